The Hall–Kier alpha value is -3.92. The monoisotopic (exact) mass is 420 g/mol. The van der Waals surface area contributed by atoms with Gasteiger partial charge in [-0.05, 0) is 76.6 Å². The molecule has 0 aliphatic heterocycles. The van der Waals surface area contributed by atoms with E-state index in [1.807, 2.05) is 36.7 Å². The Balaban J connectivity index is 1.64. The van der Waals surface area contributed by atoms with E-state index in [1.54, 1.807) is 0 Å². The van der Waals surface area contributed by atoms with E-state index >= 15 is 0 Å². The van der Waals surface area contributed by atoms with E-state index < -0.39 is 5.97 Å². The fraction of sp³-hybridized carbons (Fsp3) is 0.143. The predicted molar refractivity (Wildman–Crippen MR) is 129 cm³/mol. The Morgan fingerprint density at radius 1 is 0.969 bits per heavy atom. The van der Waals surface area contributed by atoms with Gasteiger partial charge >= 0.3 is 5.97 Å². The van der Waals surface area contributed by atoms with Crippen molar-refractivity contribution in [2.24, 2.45) is 0 Å². The third-order valence-corrected chi connectivity index (χ3v) is 6.19. The molecular formula is C28H24N2O2. The molecule has 32 heavy (non-hydrogen) atoms. The van der Waals surface area contributed by atoms with Crippen molar-refractivity contribution in [1.82, 2.24) is 9.55 Å². The lowest BCUT2D eigenvalue weighted by Crippen LogP contribution is -2.02. The van der Waals surface area contributed by atoms with Gasteiger partial charge in [-0.3, -0.25) is 4.79 Å². The number of fused-ring (bicyclic) bond motifs is 3. The largest absolute Gasteiger partial charge is 0.481 e. The number of aryl methyl sites for hydroxylation is 2. The van der Waals surface area contributed by atoms with Crippen LogP contribution < -0.4 is 0 Å². The average molecular weight is 421 g/mol. The van der Waals surface area contributed by atoms with Gasteiger partial charge in [0.1, 0.15) is 0 Å². The molecule has 3 aromatic carbocycles. The molecule has 1 heterocycles. The van der Waals surface area contributed by atoms with Gasteiger partial charge < -0.3 is 9.67 Å². The predicted octanol–water partition coefficient (Wildman–Crippen LogP) is 5.90. The summed E-state index contributed by atoms with van der Waals surface area (Å²) in [5.74, 6) is -0.824. The Kier molecular flexibility index (Phi) is 4.98. The summed E-state index contributed by atoms with van der Waals surface area (Å²) in [5.41, 5.74) is 11.0. The van der Waals surface area contributed by atoms with Crippen molar-refractivity contribution >= 4 is 34.7 Å². The van der Waals surface area contributed by atoms with Crippen molar-refractivity contribution in [3.8, 4) is 0 Å². The van der Waals surface area contributed by atoms with Crippen LogP contribution in [0.2, 0.25) is 0 Å². The Morgan fingerprint density at radius 2 is 1.72 bits per heavy atom. The number of hydrogen-bond donors (Lipinski definition) is 1. The molecule has 0 bridgehead atoms. The van der Waals surface area contributed by atoms with Crippen LogP contribution in [0.15, 0.2) is 67.0 Å². The number of hydrogen-bond acceptors (Lipinski definition) is 2. The minimum Gasteiger partial charge on any atom is -0.481 e. The number of rotatable bonds is 4. The normalized spacial score (nSPS) is 13.8. The SMILES string of the molecule is Cc1cc2ncn(C/C=C3\c4ccccc4C=Cc4ccc(CC(=O)O)cc43)c2cc1C. The zero-order valence-electron chi connectivity index (χ0n) is 18.2. The number of benzene rings is 3. The van der Waals surface area contributed by atoms with Gasteiger partial charge in [0.05, 0.1) is 23.8 Å². The number of aliphatic carboxylic acids is 1. The number of nitrogens with zero attached hydrogens (tertiary/aromatic N) is 2. The van der Waals surface area contributed by atoms with Crippen LogP contribution in [-0.4, -0.2) is 20.6 Å². The molecule has 1 aliphatic carbocycles. The van der Waals surface area contributed by atoms with Gasteiger partial charge in [0.25, 0.3) is 0 Å². The molecular weight excluding hydrogens is 396 g/mol. The van der Waals surface area contributed by atoms with Crippen molar-refractivity contribution in [2.75, 3.05) is 0 Å². The molecule has 5 rings (SSSR count). The first kappa shape index (κ1) is 20.0. The minimum atomic E-state index is -0.824. The van der Waals surface area contributed by atoms with E-state index in [0.717, 1.165) is 44.4 Å². The van der Waals surface area contributed by atoms with E-state index in [2.05, 4.69) is 65.9 Å². The average Bonchev–Trinajstić information content (AvgIpc) is 3.07. The summed E-state index contributed by atoms with van der Waals surface area (Å²) in [7, 11) is 0. The molecule has 0 radical (unpaired) electrons. The first-order valence-electron chi connectivity index (χ1n) is 10.7. The number of imidazole rings is 1. The highest BCUT2D eigenvalue weighted by Crippen LogP contribution is 2.34. The highest BCUT2D eigenvalue weighted by atomic mass is 16.4. The number of carboxylic acid groups (broad SMARTS) is 1. The van der Waals surface area contributed by atoms with Crippen LogP contribution in [-0.2, 0) is 17.8 Å². The maximum absolute atomic E-state index is 11.3. The second-order valence-corrected chi connectivity index (χ2v) is 8.35. The van der Waals surface area contributed by atoms with Gasteiger partial charge in [-0.25, -0.2) is 4.98 Å². The first-order chi connectivity index (χ1) is 15.5. The number of carbonyl (C=O) groups is 1. The zero-order chi connectivity index (χ0) is 22.2. The van der Waals surface area contributed by atoms with Crippen LogP contribution in [0.5, 0.6) is 0 Å². The van der Waals surface area contributed by atoms with Gasteiger partial charge in [0, 0.05) is 6.54 Å². The molecule has 0 atom stereocenters. The van der Waals surface area contributed by atoms with Gasteiger partial charge in [-0.2, -0.15) is 0 Å². The standard InChI is InChI=1S/C28H24N2O2/c1-18-13-26-27(14-19(18)2)30(17-29-26)12-11-24-23-6-4-3-5-21(23)9-10-22-8-7-20(15-25(22)24)16-28(31)32/h3-11,13-15,17H,12,16H2,1-2H3,(H,31,32)/b24-11+. The van der Waals surface area contributed by atoms with E-state index in [0.29, 0.717) is 6.54 Å². The minimum absolute atomic E-state index is 0.0106. The summed E-state index contributed by atoms with van der Waals surface area (Å²) in [6, 6.07) is 18.6. The molecule has 0 fully saturated rings. The van der Waals surface area contributed by atoms with E-state index in [1.165, 1.54) is 11.1 Å². The molecule has 0 unspecified atom stereocenters. The molecule has 0 spiro atoms. The molecule has 0 amide bonds. The number of carboxylic acids is 1. The molecule has 158 valence electrons. The van der Waals surface area contributed by atoms with E-state index in [9.17, 15) is 9.90 Å². The van der Waals surface area contributed by atoms with Crippen LogP contribution in [0, 0.1) is 13.8 Å². The van der Waals surface area contributed by atoms with E-state index in [-0.39, 0.29) is 6.42 Å². The molecule has 1 aromatic heterocycles. The summed E-state index contributed by atoms with van der Waals surface area (Å²) in [6.07, 6.45) is 8.37. The molecule has 4 heteroatoms. The molecule has 1 aliphatic rings. The second kappa shape index (κ2) is 7.97. The maximum Gasteiger partial charge on any atom is 0.307 e. The van der Waals surface area contributed by atoms with Crippen LogP contribution in [0.25, 0.3) is 28.8 Å². The van der Waals surface area contributed by atoms with Gasteiger partial charge in [0.2, 0.25) is 0 Å². The van der Waals surface area contributed by atoms with Gasteiger partial charge in [0.15, 0.2) is 0 Å². The Bertz CT molecular complexity index is 1420. The lowest BCUT2D eigenvalue weighted by Gasteiger charge is -2.14. The van der Waals surface area contributed by atoms with Crippen molar-refractivity contribution in [2.45, 2.75) is 26.8 Å². The fourth-order valence-corrected chi connectivity index (χ4v) is 4.35. The zero-order valence-corrected chi connectivity index (χ0v) is 18.2. The van der Waals surface area contributed by atoms with Crippen LogP contribution >= 0.6 is 0 Å². The first-order valence-corrected chi connectivity index (χ1v) is 10.7. The fourth-order valence-electron chi connectivity index (χ4n) is 4.35. The van der Waals surface area contributed by atoms with Gasteiger partial charge in [-0.1, -0.05) is 54.6 Å². The third-order valence-electron chi connectivity index (χ3n) is 6.19. The summed E-state index contributed by atoms with van der Waals surface area (Å²) in [4.78, 5) is 15.9. The second-order valence-electron chi connectivity index (χ2n) is 8.35. The molecule has 1 N–H and O–H groups in total. The number of allylic oxidation sites excluding steroid dienone is 1. The number of aromatic nitrogens is 2. The van der Waals surface area contributed by atoms with Gasteiger partial charge in [-0.15, -0.1) is 0 Å². The molecule has 4 aromatic rings. The van der Waals surface area contributed by atoms with Crippen molar-refractivity contribution in [1.29, 1.82) is 0 Å². The van der Waals surface area contributed by atoms with Crippen molar-refractivity contribution in [3.05, 3.63) is 106 Å². The Labute approximate surface area is 187 Å². The van der Waals surface area contributed by atoms with Crippen LogP contribution in [0.3, 0.4) is 0 Å². The summed E-state index contributed by atoms with van der Waals surface area (Å²) >= 11 is 0. The highest BCUT2D eigenvalue weighted by Gasteiger charge is 2.16. The van der Waals surface area contributed by atoms with Crippen LogP contribution in [0.1, 0.15) is 38.9 Å². The highest BCUT2D eigenvalue weighted by molar-refractivity contribution is 5.94. The quantitative estimate of drug-likeness (QED) is 0.394. The van der Waals surface area contributed by atoms with Crippen molar-refractivity contribution in [3.63, 3.8) is 0 Å². The summed E-state index contributed by atoms with van der Waals surface area (Å²) in [5, 5.41) is 9.28. The maximum atomic E-state index is 11.3. The molecule has 0 saturated carbocycles. The molecule has 4 nitrogen and oxygen atoms in total. The Morgan fingerprint density at radius 3 is 2.53 bits per heavy atom. The van der Waals surface area contributed by atoms with Crippen molar-refractivity contribution < 1.29 is 9.90 Å². The van der Waals surface area contributed by atoms with E-state index in [4.69, 9.17) is 0 Å². The van der Waals surface area contributed by atoms with Crippen LogP contribution in [0.4, 0.5) is 0 Å². The summed E-state index contributed by atoms with van der Waals surface area (Å²) < 4.78 is 2.16. The lowest BCUT2D eigenvalue weighted by molar-refractivity contribution is -0.136. The third kappa shape index (κ3) is 3.65. The smallest absolute Gasteiger partial charge is 0.307 e. The topological polar surface area (TPSA) is 55.1 Å². The molecule has 0 saturated heterocycles. The summed E-state index contributed by atoms with van der Waals surface area (Å²) in [6.45, 7) is 4.90. The lowest BCUT2D eigenvalue weighted by atomic mass is 9.91.